The minimum atomic E-state index is -0.501. The van der Waals surface area contributed by atoms with Gasteiger partial charge in [0.1, 0.15) is 5.52 Å². The highest BCUT2D eigenvalue weighted by molar-refractivity contribution is 6.11. The molecule has 32 heavy (non-hydrogen) atoms. The molecule has 4 heterocycles. The van der Waals surface area contributed by atoms with Crippen LogP contribution in [0.1, 0.15) is 49.2 Å². The number of pyridine rings is 1. The first-order valence-electron chi connectivity index (χ1n) is 10.8. The molecule has 4 aromatic rings. The molecule has 1 aromatic carbocycles. The third-order valence-electron chi connectivity index (χ3n) is 5.47. The van der Waals surface area contributed by atoms with E-state index in [9.17, 15) is 9.18 Å². The Labute approximate surface area is 186 Å². The average molecular weight is 435 g/mol. The molecule has 1 amide bonds. The average Bonchev–Trinajstić information content (AvgIpc) is 3.14. The van der Waals surface area contributed by atoms with Gasteiger partial charge in [0.15, 0.2) is 11.5 Å². The van der Waals surface area contributed by atoms with Crippen LogP contribution in [0.25, 0.3) is 16.7 Å². The van der Waals surface area contributed by atoms with E-state index in [0.717, 1.165) is 12.1 Å². The third kappa shape index (κ3) is 4.91. The van der Waals surface area contributed by atoms with Crippen LogP contribution in [0.3, 0.4) is 0 Å². The van der Waals surface area contributed by atoms with Crippen molar-refractivity contribution in [2.24, 2.45) is 0 Å². The van der Waals surface area contributed by atoms with Crippen LogP contribution in [0.5, 0.6) is 0 Å². The highest BCUT2D eigenvalue weighted by atomic mass is 19.1. The van der Waals surface area contributed by atoms with E-state index in [2.05, 4.69) is 39.4 Å². The molecule has 1 fully saturated rings. The number of hydrogen-bond acceptors (Lipinski definition) is 5. The Morgan fingerprint density at radius 2 is 1.91 bits per heavy atom. The zero-order valence-corrected chi connectivity index (χ0v) is 18.5. The number of anilines is 1. The van der Waals surface area contributed by atoms with E-state index in [1.54, 1.807) is 48.1 Å². The van der Waals surface area contributed by atoms with Gasteiger partial charge >= 0.3 is 0 Å². The van der Waals surface area contributed by atoms with Crippen molar-refractivity contribution >= 4 is 28.3 Å². The van der Waals surface area contributed by atoms with Crippen LogP contribution in [-0.2, 0) is 0 Å². The van der Waals surface area contributed by atoms with Gasteiger partial charge in [0.05, 0.1) is 22.5 Å². The maximum Gasteiger partial charge on any atom is 0.257 e. The highest BCUT2D eigenvalue weighted by Crippen LogP contribution is 2.19. The summed E-state index contributed by atoms with van der Waals surface area (Å²) in [5.41, 5.74) is 2.75. The van der Waals surface area contributed by atoms with Crippen molar-refractivity contribution in [3.8, 4) is 0 Å². The van der Waals surface area contributed by atoms with E-state index in [1.807, 2.05) is 0 Å². The number of aryl methyl sites for hydroxylation is 1. The van der Waals surface area contributed by atoms with Gasteiger partial charge in [0, 0.05) is 42.9 Å². The van der Waals surface area contributed by atoms with Gasteiger partial charge in [-0.25, -0.2) is 9.37 Å². The first-order valence-corrected chi connectivity index (χ1v) is 10.8. The molecule has 166 valence electrons. The van der Waals surface area contributed by atoms with E-state index in [4.69, 9.17) is 0 Å². The zero-order chi connectivity index (χ0) is 22.7. The minimum absolute atomic E-state index is 0.224. The summed E-state index contributed by atoms with van der Waals surface area (Å²) >= 11 is 0. The number of amides is 1. The Hall–Kier alpha value is -3.39. The zero-order valence-electron chi connectivity index (χ0n) is 18.5. The number of rotatable bonds is 2. The number of halogens is 1. The maximum atomic E-state index is 14.1. The molecule has 0 saturated carbocycles. The standard InChI is InChI=1S/C17H12FN5O.C7H15N/c1-10-8-23-9-11(7-13(18)16(23)21-10)22-17(24)12-3-2-4-14-15(12)20-6-5-19-14;1-6-4-3-5-7(2)8-6/h2-9H,1H3,(H,22,24);6-8H,3-5H2,1-2H3. The summed E-state index contributed by atoms with van der Waals surface area (Å²) in [6.45, 7) is 6.30. The molecule has 1 saturated heterocycles. The summed E-state index contributed by atoms with van der Waals surface area (Å²) < 4.78 is 15.7. The molecule has 1 aliphatic rings. The van der Waals surface area contributed by atoms with Crippen LogP contribution in [-0.4, -0.2) is 37.3 Å². The molecule has 7 nitrogen and oxygen atoms in total. The lowest BCUT2D eigenvalue weighted by molar-refractivity contribution is 0.102. The van der Waals surface area contributed by atoms with Gasteiger partial charge < -0.3 is 15.0 Å². The Balaban J connectivity index is 0.000000260. The van der Waals surface area contributed by atoms with Crippen LogP contribution < -0.4 is 10.6 Å². The second-order valence-corrected chi connectivity index (χ2v) is 8.27. The normalized spacial score (nSPS) is 18.2. The molecule has 0 aliphatic carbocycles. The van der Waals surface area contributed by atoms with Crippen molar-refractivity contribution < 1.29 is 9.18 Å². The highest BCUT2D eigenvalue weighted by Gasteiger charge is 2.14. The first-order chi connectivity index (χ1) is 15.4. The lowest BCUT2D eigenvalue weighted by atomic mass is 10.0. The fourth-order valence-electron chi connectivity index (χ4n) is 4.00. The first kappa shape index (κ1) is 21.8. The van der Waals surface area contributed by atoms with Crippen LogP contribution in [0.15, 0.2) is 49.1 Å². The number of carbonyl (C=O) groups is 1. The van der Waals surface area contributed by atoms with Crippen molar-refractivity contribution in [1.29, 1.82) is 0 Å². The molecule has 3 aromatic heterocycles. The van der Waals surface area contributed by atoms with Crippen molar-refractivity contribution in [2.45, 2.75) is 52.1 Å². The van der Waals surface area contributed by atoms with E-state index >= 15 is 0 Å². The Morgan fingerprint density at radius 1 is 1.16 bits per heavy atom. The monoisotopic (exact) mass is 434 g/mol. The fourth-order valence-corrected chi connectivity index (χ4v) is 4.00. The van der Waals surface area contributed by atoms with Gasteiger partial charge in [-0.3, -0.25) is 14.8 Å². The fraction of sp³-hybridized carbons (Fsp3) is 0.333. The largest absolute Gasteiger partial charge is 0.320 e. The number of fused-ring (bicyclic) bond motifs is 2. The van der Waals surface area contributed by atoms with Crippen LogP contribution >= 0.6 is 0 Å². The summed E-state index contributed by atoms with van der Waals surface area (Å²) in [5.74, 6) is -0.879. The van der Waals surface area contributed by atoms with Crippen molar-refractivity contribution in [3.05, 3.63) is 66.1 Å². The Bertz CT molecular complexity index is 1240. The van der Waals surface area contributed by atoms with Gasteiger partial charge in [-0.2, -0.15) is 0 Å². The summed E-state index contributed by atoms with van der Waals surface area (Å²) in [6.07, 6.45) is 10.5. The van der Waals surface area contributed by atoms with Crippen LogP contribution in [0.4, 0.5) is 10.1 Å². The second kappa shape index (κ2) is 9.40. The van der Waals surface area contributed by atoms with Crippen molar-refractivity contribution in [1.82, 2.24) is 24.7 Å². The minimum Gasteiger partial charge on any atom is -0.320 e. The quantitative estimate of drug-likeness (QED) is 0.485. The lowest BCUT2D eigenvalue weighted by Crippen LogP contribution is -2.38. The predicted molar refractivity (Wildman–Crippen MR) is 123 cm³/mol. The molecule has 2 atom stereocenters. The number of piperidine rings is 1. The summed E-state index contributed by atoms with van der Waals surface area (Å²) in [7, 11) is 0. The second-order valence-electron chi connectivity index (χ2n) is 8.27. The number of benzene rings is 1. The number of nitrogens with one attached hydrogen (secondary N) is 2. The van der Waals surface area contributed by atoms with Gasteiger partial charge in [0.25, 0.3) is 5.91 Å². The van der Waals surface area contributed by atoms with E-state index in [0.29, 0.717) is 28.0 Å². The smallest absolute Gasteiger partial charge is 0.257 e. The number of para-hydroxylation sites is 1. The van der Waals surface area contributed by atoms with E-state index < -0.39 is 5.82 Å². The van der Waals surface area contributed by atoms with Crippen molar-refractivity contribution in [2.75, 3.05) is 5.32 Å². The molecule has 1 aliphatic heterocycles. The topological polar surface area (TPSA) is 84.2 Å². The van der Waals surface area contributed by atoms with Gasteiger partial charge in [-0.15, -0.1) is 0 Å². The summed E-state index contributed by atoms with van der Waals surface area (Å²) in [6, 6.07) is 7.94. The van der Waals surface area contributed by atoms with E-state index in [-0.39, 0.29) is 11.6 Å². The number of imidazole rings is 1. The molecule has 0 radical (unpaired) electrons. The lowest BCUT2D eigenvalue weighted by Gasteiger charge is -2.25. The van der Waals surface area contributed by atoms with Crippen molar-refractivity contribution in [3.63, 3.8) is 0 Å². The summed E-state index contributed by atoms with van der Waals surface area (Å²) in [4.78, 5) is 25.0. The number of nitrogens with zero attached hydrogens (tertiary/aromatic N) is 4. The van der Waals surface area contributed by atoms with Gasteiger partial charge in [-0.1, -0.05) is 12.5 Å². The van der Waals surface area contributed by atoms with Crippen LogP contribution in [0.2, 0.25) is 0 Å². The molecule has 5 rings (SSSR count). The Kier molecular flexibility index (Phi) is 6.41. The molecule has 8 heteroatoms. The van der Waals surface area contributed by atoms with E-state index in [1.165, 1.54) is 31.5 Å². The number of aromatic nitrogens is 4. The van der Waals surface area contributed by atoms with Crippen LogP contribution in [0, 0.1) is 12.7 Å². The molecular formula is C24H27FN6O. The number of hydrogen-bond donors (Lipinski definition) is 2. The molecule has 2 N–H and O–H groups in total. The Morgan fingerprint density at radius 3 is 2.62 bits per heavy atom. The van der Waals surface area contributed by atoms with Gasteiger partial charge in [-0.05, 0) is 45.7 Å². The molecule has 0 bridgehead atoms. The predicted octanol–water partition coefficient (Wildman–Crippen LogP) is 4.51. The molecule has 0 spiro atoms. The summed E-state index contributed by atoms with van der Waals surface area (Å²) in [5, 5.41) is 6.18. The molecule has 2 unspecified atom stereocenters. The third-order valence-corrected chi connectivity index (χ3v) is 5.47. The number of carbonyl (C=O) groups excluding carboxylic acids is 1. The van der Waals surface area contributed by atoms with Gasteiger partial charge in [0.2, 0.25) is 0 Å². The maximum absolute atomic E-state index is 14.1. The molecular weight excluding hydrogens is 407 g/mol. The SMILES string of the molecule is CC1CCCC(C)N1.Cc1cn2cc(NC(=O)c3cccc4nccnc34)cc(F)c2n1.